The number of aromatic nitrogens is 2. The summed E-state index contributed by atoms with van der Waals surface area (Å²) in [5, 5.41) is 2.64. The van der Waals surface area contributed by atoms with E-state index in [0.29, 0.717) is 12.0 Å². The predicted octanol–water partition coefficient (Wildman–Crippen LogP) is 2.10. The van der Waals surface area contributed by atoms with Crippen molar-refractivity contribution in [1.29, 1.82) is 0 Å². The lowest BCUT2D eigenvalue weighted by molar-refractivity contribution is -0.143. The molecule has 9 heteroatoms. The molecule has 7 nitrogen and oxygen atoms in total. The van der Waals surface area contributed by atoms with E-state index < -0.39 is 15.8 Å². The Hall–Kier alpha value is -2.00. The summed E-state index contributed by atoms with van der Waals surface area (Å²) in [6.45, 7) is 3.37. The van der Waals surface area contributed by atoms with Gasteiger partial charge in [-0.1, -0.05) is 0 Å². The molecular formula is C17H20N2O5S2. The van der Waals surface area contributed by atoms with Crippen molar-refractivity contribution in [2.75, 3.05) is 18.1 Å². The van der Waals surface area contributed by atoms with Crippen LogP contribution in [0.15, 0.2) is 17.6 Å². The van der Waals surface area contributed by atoms with Crippen LogP contribution in [0.3, 0.4) is 0 Å². The number of ketones is 1. The normalized spacial score (nSPS) is 18.8. The van der Waals surface area contributed by atoms with Gasteiger partial charge in [0.15, 0.2) is 21.6 Å². The number of aryl methyl sites for hydroxylation is 1. The predicted molar refractivity (Wildman–Crippen MR) is 97.6 cm³/mol. The highest BCUT2D eigenvalue weighted by Crippen LogP contribution is 2.24. The first-order chi connectivity index (χ1) is 12.3. The van der Waals surface area contributed by atoms with Crippen LogP contribution in [0.4, 0.5) is 0 Å². The minimum atomic E-state index is -3.03. The van der Waals surface area contributed by atoms with Crippen LogP contribution in [-0.4, -0.2) is 47.8 Å². The highest BCUT2D eigenvalue weighted by molar-refractivity contribution is 7.91. The van der Waals surface area contributed by atoms with E-state index >= 15 is 0 Å². The molecule has 1 saturated heterocycles. The molecule has 1 atom stereocenters. The van der Waals surface area contributed by atoms with Crippen molar-refractivity contribution in [2.24, 2.45) is 5.92 Å². The number of rotatable bonds is 6. The van der Waals surface area contributed by atoms with Crippen LogP contribution in [0.1, 0.15) is 34.6 Å². The van der Waals surface area contributed by atoms with E-state index in [1.54, 1.807) is 12.3 Å². The average Bonchev–Trinajstić information content (AvgIpc) is 3.25. The van der Waals surface area contributed by atoms with Gasteiger partial charge in [0.1, 0.15) is 0 Å². The molecule has 0 spiro atoms. The summed E-state index contributed by atoms with van der Waals surface area (Å²) >= 11 is 1.47. The molecule has 2 aromatic heterocycles. The van der Waals surface area contributed by atoms with Crippen LogP contribution in [0.25, 0.3) is 5.13 Å². The van der Waals surface area contributed by atoms with Crippen molar-refractivity contribution in [1.82, 2.24) is 9.55 Å². The van der Waals surface area contributed by atoms with E-state index in [0.717, 1.165) is 16.5 Å². The van der Waals surface area contributed by atoms with Crippen molar-refractivity contribution in [3.05, 3.63) is 34.6 Å². The zero-order chi connectivity index (χ0) is 18.9. The quantitative estimate of drug-likeness (QED) is 0.548. The largest absolute Gasteiger partial charge is 0.457 e. The molecule has 1 aliphatic rings. The first kappa shape index (κ1) is 18.8. The molecular weight excluding hydrogens is 376 g/mol. The first-order valence-electron chi connectivity index (χ1n) is 8.25. The third-order valence-corrected chi connectivity index (χ3v) is 7.08. The molecule has 140 valence electrons. The average molecular weight is 396 g/mol. The van der Waals surface area contributed by atoms with Crippen LogP contribution >= 0.6 is 11.3 Å². The monoisotopic (exact) mass is 396 g/mol. The molecule has 1 aliphatic heterocycles. The van der Waals surface area contributed by atoms with Gasteiger partial charge in [-0.2, -0.15) is 0 Å². The standard InChI is InChI=1S/C17H20N2O5S2/c1-11-7-14(12(2)19(11)17-18-4-5-25-17)15(20)9-24-16(21)8-13-3-6-26(22,23)10-13/h4-5,7,13H,3,6,8-10H2,1-2H3. The molecule has 0 radical (unpaired) electrons. The summed E-state index contributed by atoms with van der Waals surface area (Å²) in [5.74, 6) is -0.891. The lowest BCUT2D eigenvalue weighted by Gasteiger charge is -2.08. The van der Waals surface area contributed by atoms with Gasteiger partial charge in [-0.25, -0.2) is 13.4 Å². The number of sulfone groups is 1. The zero-order valence-corrected chi connectivity index (χ0v) is 16.2. The summed E-state index contributed by atoms with van der Waals surface area (Å²) in [6.07, 6.45) is 2.20. The third kappa shape index (κ3) is 4.04. The Morgan fingerprint density at radius 3 is 2.77 bits per heavy atom. The molecule has 26 heavy (non-hydrogen) atoms. The number of carbonyl (C=O) groups is 2. The number of Topliss-reactive ketones (excluding diaryl/α,β-unsaturated/α-hetero) is 1. The fourth-order valence-electron chi connectivity index (χ4n) is 3.22. The van der Waals surface area contributed by atoms with E-state index in [-0.39, 0.29) is 36.2 Å². The minimum Gasteiger partial charge on any atom is -0.457 e. The van der Waals surface area contributed by atoms with Gasteiger partial charge in [0.05, 0.1) is 11.5 Å². The molecule has 3 heterocycles. The van der Waals surface area contributed by atoms with Gasteiger partial charge in [-0.05, 0) is 32.3 Å². The summed E-state index contributed by atoms with van der Waals surface area (Å²) in [5.41, 5.74) is 2.12. The minimum absolute atomic E-state index is 0.0189. The van der Waals surface area contributed by atoms with E-state index in [4.69, 9.17) is 4.74 Å². The van der Waals surface area contributed by atoms with Gasteiger partial charge in [0.25, 0.3) is 0 Å². The van der Waals surface area contributed by atoms with Gasteiger partial charge < -0.3 is 4.74 Å². The molecule has 0 amide bonds. The second-order valence-corrected chi connectivity index (χ2v) is 9.59. The Balaban J connectivity index is 1.60. The highest BCUT2D eigenvalue weighted by atomic mass is 32.2. The fourth-order valence-corrected chi connectivity index (χ4v) is 5.83. The first-order valence-corrected chi connectivity index (χ1v) is 10.9. The molecule has 1 unspecified atom stereocenters. The van der Waals surface area contributed by atoms with Gasteiger partial charge in [-0.3, -0.25) is 14.2 Å². The number of esters is 1. The van der Waals surface area contributed by atoms with E-state index in [1.807, 2.05) is 23.8 Å². The SMILES string of the molecule is Cc1cc(C(=O)COC(=O)CC2CCS(=O)(=O)C2)c(C)n1-c1nccs1. The fraction of sp³-hybridized carbons (Fsp3) is 0.471. The second kappa shape index (κ2) is 7.32. The van der Waals surface area contributed by atoms with Gasteiger partial charge in [0, 0.05) is 34.9 Å². The third-order valence-electron chi connectivity index (χ3n) is 4.49. The van der Waals surface area contributed by atoms with Crippen LogP contribution in [-0.2, 0) is 19.4 Å². The molecule has 0 aromatic carbocycles. The van der Waals surface area contributed by atoms with Crippen molar-refractivity contribution in [3.63, 3.8) is 0 Å². The number of thiazole rings is 1. The molecule has 3 rings (SSSR count). The Bertz CT molecular complexity index is 929. The number of ether oxygens (including phenoxy) is 1. The van der Waals surface area contributed by atoms with Crippen LogP contribution in [0, 0.1) is 19.8 Å². The van der Waals surface area contributed by atoms with E-state index in [1.165, 1.54) is 11.3 Å². The molecule has 0 saturated carbocycles. The summed E-state index contributed by atoms with van der Waals surface area (Å²) in [4.78, 5) is 28.6. The maximum atomic E-state index is 12.4. The van der Waals surface area contributed by atoms with Crippen molar-refractivity contribution in [2.45, 2.75) is 26.7 Å². The molecule has 1 fully saturated rings. The second-order valence-electron chi connectivity index (χ2n) is 6.49. The lowest BCUT2D eigenvalue weighted by atomic mass is 10.1. The number of hydrogen-bond donors (Lipinski definition) is 0. The molecule has 0 aliphatic carbocycles. The van der Waals surface area contributed by atoms with Gasteiger partial charge in [-0.15, -0.1) is 11.3 Å². The van der Waals surface area contributed by atoms with Crippen LogP contribution in [0.2, 0.25) is 0 Å². The number of nitrogens with zero attached hydrogens (tertiary/aromatic N) is 2. The topological polar surface area (TPSA) is 95.3 Å². The number of hydrogen-bond acceptors (Lipinski definition) is 7. The van der Waals surface area contributed by atoms with E-state index in [2.05, 4.69) is 4.98 Å². The number of carbonyl (C=O) groups excluding carboxylic acids is 2. The summed E-state index contributed by atoms with van der Waals surface area (Å²) in [7, 11) is -3.03. The lowest BCUT2D eigenvalue weighted by Crippen LogP contribution is -2.18. The Kier molecular flexibility index (Phi) is 5.29. The van der Waals surface area contributed by atoms with Crippen LogP contribution in [0.5, 0.6) is 0 Å². The highest BCUT2D eigenvalue weighted by Gasteiger charge is 2.30. The summed E-state index contributed by atoms with van der Waals surface area (Å²) < 4.78 is 29.8. The van der Waals surface area contributed by atoms with Crippen molar-refractivity contribution < 1.29 is 22.7 Å². The van der Waals surface area contributed by atoms with Crippen LogP contribution < -0.4 is 0 Å². The van der Waals surface area contributed by atoms with Crippen molar-refractivity contribution in [3.8, 4) is 5.13 Å². The molecule has 0 N–H and O–H groups in total. The van der Waals surface area contributed by atoms with Crippen molar-refractivity contribution >= 4 is 32.9 Å². The Labute approximate surface area is 155 Å². The van der Waals surface area contributed by atoms with Gasteiger partial charge in [0.2, 0.25) is 5.78 Å². The molecule has 2 aromatic rings. The smallest absolute Gasteiger partial charge is 0.306 e. The van der Waals surface area contributed by atoms with E-state index in [9.17, 15) is 18.0 Å². The van der Waals surface area contributed by atoms with Gasteiger partial charge >= 0.3 is 5.97 Å². The summed E-state index contributed by atoms with van der Waals surface area (Å²) in [6, 6.07) is 1.76. The maximum Gasteiger partial charge on any atom is 0.306 e. The zero-order valence-electron chi connectivity index (χ0n) is 14.6. The Morgan fingerprint density at radius 2 is 2.15 bits per heavy atom. The molecule has 0 bridgehead atoms. The maximum absolute atomic E-state index is 12.4. The Morgan fingerprint density at radius 1 is 1.38 bits per heavy atom.